The first-order chi connectivity index (χ1) is 6.77. The first-order valence-electron chi connectivity index (χ1n) is 4.36. The van der Waals surface area contributed by atoms with Crippen molar-refractivity contribution < 1.29 is 9.15 Å². The van der Waals surface area contributed by atoms with Gasteiger partial charge in [0.2, 0.25) is 5.89 Å². The van der Waals surface area contributed by atoms with Crippen LogP contribution in [0.15, 0.2) is 4.42 Å². The van der Waals surface area contributed by atoms with Crippen molar-refractivity contribution in [2.75, 3.05) is 32.2 Å². The fourth-order valence-corrected chi connectivity index (χ4v) is 1.10. The average Bonchev–Trinajstić information content (AvgIpc) is 2.66. The topological polar surface area (TPSA) is 51.4 Å². The molecule has 0 amide bonds. The SMILES string of the molecule is COCCCN(C)c1nnc(CCl)o1. The molecule has 0 saturated carbocycles. The fraction of sp³-hybridized carbons (Fsp3) is 0.750. The highest BCUT2D eigenvalue weighted by molar-refractivity contribution is 6.16. The minimum absolute atomic E-state index is 0.249. The number of anilines is 1. The first-order valence-corrected chi connectivity index (χ1v) is 4.89. The van der Waals surface area contributed by atoms with Gasteiger partial charge in [0.05, 0.1) is 0 Å². The molecule has 80 valence electrons. The quantitative estimate of drug-likeness (QED) is 0.533. The highest BCUT2D eigenvalue weighted by atomic mass is 35.5. The molecule has 1 aromatic rings. The Morgan fingerprint density at radius 3 is 2.86 bits per heavy atom. The van der Waals surface area contributed by atoms with E-state index >= 15 is 0 Å². The van der Waals surface area contributed by atoms with Crippen LogP contribution in [0, 0.1) is 0 Å². The predicted octanol–water partition coefficient (Wildman–Crippen LogP) is 1.28. The van der Waals surface area contributed by atoms with Crippen molar-refractivity contribution in [2.24, 2.45) is 0 Å². The molecule has 0 fully saturated rings. The molecular weight excluding hydrogens is 206 g/mol. The second-order valence-electron chi connectivity index (χ2n) is 2.88. The first kappa shape index (κ1) is 11.3. The Morgan fingerprint density at radius 1 is 1.50 bits per heavy atom. The molecule has 1 rings (SSSR count). The van der Waals surface area contributed by atoms with Gasteiger partial charge in [-0.15, -0.1) is 16.7 Å². The molecule has 0 aliphatic heterocycles. The predicted molar refractivity (Wildman–Crippen MR) is 53.6 cm³/mol. The van der Waals surface area contributed by atoms with E-state index in [1.54, 1.807) is 7.11 Å². The van der Waals surface area contributed by atoms with E-state index in [2.05, 4.69) is 10.2 Å². The summed E-state index contributed by atoms with van der Waals surface area (Å²) in [4.78, 5) is 1.88. The number of halogens is 1. The lowest BCUT2D eigenvalue weighted by Crippen LogP contribution is -2.19. The summed E-state index contributed by atoms with van der Waals surface area (Å²) < 4.78 is 10.2. The molecule has 0 saturated heterocycles. The van der Waals surface area contributed by atoms with Gasteiger partial charge in [-0.3, -0.25) is 0 Å². The summed E-state index contributed by atoms with van der Waals surface area (Å²) >= 11 is 5.54. The molecule has 5 nitrogen and oxygen atoms in total. The molecule has 14 heavy (non-hydrogen) atoms. The molecule has 1 heterocycles. The molecule has 0 N–H and O–H groups in total. The van der Waals surface area contributed by atoms with E-state index in [1.165, 1.54) is 0 Å². The van der Waals surface area contributed by atoms with Crippen LogP contribution in [0.1, 0.15) is 12.3 Å². The maximum absolute atomic E-state index is 5.54. The van der Waals surface area contributed by atoms with Gasteiger partial charge < -0.3 is 14.1 Å². The van der Waals surface area contributed by atoms with Crippen molar-refractivity contribution in [1.29, 1.82) is 0 Å². The molecule has 0 aromatic carbocycles. The van der Waals surface area contributed by atoms with Gasteiger partial charge in [0.25, 0.3) is 0 Å². The van der Waals surface area contributed by atoms with Crippen molar-refractivity contribution in [3.63, 3.8) is 0 Å². The minimum atomic E-state index is 0.249. The average molecular weight is 220 g/mol. The van der Waals surface area contributed by atoms with Crippen LogP contribution in [0.2, 0.25) is 0 Å². The summed E-state index contributed by atoms with van der Waals surface area (Å²) in [6.07, 6.45) is 0.922. The standard InChI is InChI=1S/C8H14ClN3O2/c1-12(4-3-5-13-2)8-11-10-7(6-9)14-8/h3-6H2,1-2H3. The molecule has 0 unspecified atom stereocenters. The van der Waals surface area contributed by atoms with Gasteiger partial charge in [0, 0.05) is 27.3 Å². The van der Waals surface area contributed by atoms with E-state index in [1.807, 2.05) is 11.9 Å². The zero-order valence-electron chi connectivity index (χ0n) is 8.36. The summed E-state index contributed by atoms with van der Waals surface area (Å²) in [6, 6.07) is 0.497. The van der Waals surface area contributed by atoms with E-state index < -0.39 is 0 Å². The number of hydrogen-bond donors (Lipinski definition) is 0. The van der Waals surface area contributed by atoms with E-state index in [0.717, 1.165) is 19.6 Å². The third-order valence-electron chi connectivity index (χ3n) is 1.74. The van der Waals surface area contributed by atoms with Crippen LogP contribution in [0.4, 0.5) is 6.01 Å². The summed E-state index contributed by atoms with van der Waals surface area (Å²) in [6.45, 7) is 1.54. The second kappa shape index (κ2) is 5.82. The van der Waals surface area contributed by atoms with E-state index in [0.29, 0.717) is 11.9 Å². The lowest BCUT2D eigenvalue weighted by Gasteiger charge is -2.12. The molecule has 0 aliphatic rings. The van der Waals surface area contributed by atoms with Gasteiger partial charge in [-0.2, -0.15) is 0 Å². The Bertz CT molecular complexity index is 267. The molecule has 6 heteroatoms. The van der Waals surface area contributed by atoms with Crippen molar-refractivity contribution >= 4 is 17.6 Å². The maximum atomic E-state index is 5.54. The molecule has 0 bridgehead atoms. The number of aromatic nitrogens is 2. The number of hydrogen-bond acceptors (Lipinski definition) is 5. The van der Waals surface area contributed by atoms with Crippen LogP contribution in [0.5, 0.6) is 0 Å². The highest BCUT2D eigenvalue weighted by Gasteiger charge is 2.08. The van der Waals surface area contributed by atoms with Gasteiger partial charge in [-0.1, -0.05) is 5.10 Å². The summed E-state index contributed by atoms with van der Waals surface area (Å²) in [5.41, 5.74) is 0. The van der Waals surface area contributed by atoms with Crippen molar-refractivity contribution in [1.82, 2.24) is 10.2 Å². The molecule has 0 aliphatic carbocycles. The Morgan fingerprint density at radius 2 is 2.29 bits per heavy atom. The number of nitrogens with zero attached hydrogens (tertiary/aromatic N) is 3. The van der Waals surface area contributed by atoms with Crippen molar-refractivity contribution in [3.05, 3.63) is 5.89 Å². The smallest absolute Gasteiger partial charge is 0.317 e. The number of ether oxygens (including phenoxy) is 1. The van der Waals surface area contributed by atoms with Gasteiger partial charge in [-0.05, 0) is 6.42 Å². The lowest BCUT2D eigenvalue weighted by atomic mass is 10.4. The van der Waals surface area contributed by atoms with Gasteiger partial charge >= 0.3 is 6.01 Å². The normalized spacial score (nSPS) is 10.5. The molecular formula is C8H14ClN3O2. The number of methoxy groups -OCH3 is 1. The zero-order chi connectivity index (χ0) is 10.4. The van der Waals surface area contributed by atoms with Gasteiger partial charge in [0.1, 0.15) is 5.88 Å². The van der Waals surface area contributed by atoms with Crippen LogP contribution in [0.25, 0.3) is 0 Å². The van der Waals surface area contributed by atoms with Crippen LogP contribution in [-0.2, 0) is 10.6 Å². The maximum Gasteiger partial charge on any atom is 0.317 e. The molecule has 0 spiro atoms. The molecule has 0 atom stereocenters. The summed E-state index contributed by atoms with van der Waals surface area (Å²) in [5.74, 6) is 0.694. The lowest BCUT2D eigenvalue weighted by molar-refractivity contribution is 0.196. The summed E-state index contributed by atoms with van der Waals surface area (Å²) in [7, 11) is 3.57. The van der Waals surface area contributed by atoms with Crippen LogP contribution < -0.4 is 4.90 Å². The summed E-state index contributed by atoms with van der Waals surface area (Å²) in [5, 5.41) is 7.61. The third-order valence-corrected chi connectivity index (χ3v) is 1.97. The van der Waals surface area contributed by atoms with Crippen LogP contribution >= 0.6 is 11.6 Å². The Labute approximate surface area is 88.0 Å². The monoisotopic (exact) mass is 219 g/mol. The highest BCUT2D eigenvalue weighted by Crippen LogP contribution is 2.11. The van der Waals surface area contributed by atoms with E-state index in [4.69, 9.17) is 20.8 Å². The van der Waals surface area contributed by atoms with Gasteiger partial charge in [0.15, 0.2) is 0 Å². The minimum Gasteiger partial charge on any atom is -0.407 e. The van der Waals surface area contributed by atoms with Crippen LogP contribution in [0.3, 0.4) is 0 Å². The third kappa shape index (κ3) is 3.16. The van der Waals surface area contributed by atoms with E-state index in [9.17, 15) is 0 Å². The second-order valence-corrected chi connectivity index (χ2v) is 3.15. The number of alkyl halides is 1. The Kier molecular flexibility index (Phi) is 4.69. The molecule has 0 radical (unpaired) electrons. The zero-order valence-corrected chi connectivity index (χ0v) is 9.12. The van der Waals surface area contributed by atoms with E-state index in [-0.39, 0.29) is 5.88 Å². The van der Waals surface area contributed by atoms with Crippen LogP contribution in [-0.4, -0.2) is 37.5 Å². The van der Waals surface area contributed by atoms with Gasteiger partial charge in [-0.25, -0.2) is 0 Å². The number of rotatable bonds is 6. The van der Waals surface area contributed by atoms with Crippen molar-refractivity contribution in [2.45, 2.75) is 12.3 Å². The Balaban J connectivity index is 2.39. The Hall–Kier alpha value is -0.810. The fourth-order valence-electron chi connectivity index (χ4n) is 0.995. The largest absolute Gasteiger partial charge is 0.407 e. The molecule has 1 aromatic heterocycles. The van der Waals surface area contributed by atoms with Crippen molar-refractivity contribution in [3.8, 4) is 0 Å².